The lowest BCUT2D eigenvalue weighted by atomic mass is 10.3. The van der Waals surface area contributed by atoms with Crippen molar-refractivity contribution in [3.63, 3.8) is 0 Å². The van der Waals surface area contributed by atoms with E-state index in [9.17, 15) is 0 Å². The van der Waals surface area contributed by atoms with Gasteiger partial charge in [0.1, 0.15) is 24.7 Å². The fourth-order valence-corrected chi connectivity index (χ4v) is 1.91. The van der Waals surface area contributed by atoms with E-state index in [1.54, 1.807) is 48.5 Å². The number of azide groups is 2. The van der Waals surface area contributed by atoms with Crippen molar-refractivity contribution in [1.29, 1.82) is 0 Å². The number of benzene rings is 2. The molecule has 0 saturated heterocycles. The number of hydrogen-bond acceptors (Lipinski definition) is 5. The molecule has 9 heteroatoms. The van der Waals surface area contributed by atoms with E-state index in [1.165, 1.54) is 0 Å². The Morgan fingerprint density at radius 3 is 1.64 bits per heavy atom. The summed E-state index contributed by atoms with van der Waals surface area (Å²) in [6, 6.07) is 13.7. The molecular weight excluding hydrogens is 324 g/mol. The minimum absolute atomic E-state index is 0.367. The van der Waals surface area contributed by atoms with E-state index >= 15 is 0 Å². The molecule has 0 aliphatic rings. The van der Waals surface area contributed by atoms with Crippen LogP contribution in [0.5, 0.6) is 11.5 Å². The molecule has 9 nitrogen and oxygen atoms in total. The maximum atomic E-state index is 8.40. The van der Waals surface area contributed by atoms with Crippen LogP contribution >= 0.6 is 0 Å². The highest BCUT2D eigenvalue weighted by molar-refractivity contribution is 5.43. The quantitative estimate of drug-likeness (QED) is 0.260. The molecule has 0 aliphatic carbocycles. The molecule has 128 valence electrons. The van der Waals surface area contributed by atoms with E-state index in [1.807, 2.05) is 0 Å². The van der Waals surface area contributed by atoms with Crippen molar-refractivity contribution in [2.75, 3.05) is 26.4 Å². The molecular formula is C16H16N6O3. The average Bonchev–Trinajstić information content (AvgIpc) is 2.62. The van der Waals surface area contributed by atoms with Crippen molar-refractivity contribution in [2.45, 2.75) is 0 Å². The minimum atomic E-state index is 0.367. The first kappa shape index (κ1) is 18.0. The maximum absolute atomic E-state index is 8.40. The first-order valence-electron chi connectivity index (χ1n) is 7.45. The van der Waals surface area contributed by atoms with E-state index < -0.39 is 0 Å². The SMILES string of the molecule is [N-]=[N+]=Nc1cccc(OCCOCCOc2cccc(N=[N+]=[N-])c2)c1. The number of rotatable bonds is 10. The minimum Gasteiger partial charge on any atom is -0.491 e. The van der Waals surface area contributed by atoms with Gasteiger partial charge in [0.2, 0.25) is 0 Å². The molecule has 0 N–H and O–H groups in total. The molecule has 0 atom stereocenters. The van der Waals surface area contributed by atoms with Crippen LogP contribution < -0.4 is 9.47 Å². The van der Waals surface area contributed by atoms with Crippen LogP contribution in [-0.4, -0.2) is 26.4 Å². The zero-order valence-electron chi connectivity index (χ0n) is 13.4. The van der Waals surface area contributed by atoms with E-state index in [0.29, 0.717) is 49.3 Å². The van der Waals surface area contributed by atoms with E-state index in [-0.39, 0.29) is 0 Å². The molecule has 0 fully saturated rings. The van der Waals surface area contributed by atoms with Crippen LogP contribution in [0.25, 0.3) is 20.9 Å². The predicted molar refractivity (Wildman–Crippen MR) is 92.3 cm³/mol. The molecule has 0 unspecified atom stereocenters. The first-order valence-corrected chi connectivity index (χ1v) is 7.45. The van der Waals surface area contributed by atoms with Crippen LogP contribution in [0.1, 0.15) is 0 Å². The van der Waals surface area contributed by atoms with Crippen molar-refractivity contribution < 1.29 is 14.2 Å². The molecule has 0 heterocycles. The fourth-order valence-electron chi connectivity index (χ4n) is 1.91. The topological polar surface area (TPSA) is 125 Å². The van der Waals surface area contributed by atoms with Crippen LogP contribution in [0.3, 0.4) is 0 Å². The third-order valence-corrected chi connectivity index (χ3v) is 2.95. The summed E-state index contributed by atoms with van der Waals surface area (Å²) in [4.78, 5) is 5.45. The molecule has 0 radical (unpaired) electrons. The second-order valence-electron chi connectivity index (χ2n) is 4.68. The lowest BCUT2D eigenvalue weighted by molar-refractivity contribution is 0.0764. The summed E-state index contributed by atoms with van der Waals surface area (Å²) in [7, 11) is 0. The molecule has 0 amide bonds. The fraction of sp³-hybridized carbons (Fsp3) is 0.250. The van der Waals surface area contributed by atoms with Crippen LogP contribution in [0.4, 0.5) is 11.4 Å². The summed E-state index contributed by atoms with van der Waals surface area (Å²) in [6.45, 7) is 1.53. The molecule has 0 bridgehead atoms. The van der Waals surface area contributed by atoms with Gasteiger partial charge in [0, 0.05) is 21.2 Å². The van der Waals surface area contributed by atoms with Gasteiger partial charge in [-0.05, 0) is 35.3 Å². The van der Waals surface area contributed by atoms with Gasteiger partial charge in [-0.2, -0.15) is 0 Å². The lowest BCUT2D eigenvalue weighted by Crippen LogP contribution is -2.12. The normalized spacial score (nSPS) is 9.60. The Kier molecular flexibility index (Phi) is 7.48. The number of ether oxygens (including phenoxy) is 3. The zero-order chi connectivity index (χ0) is 17.7. The number of hydrogen-bond donors (Lipinski definition) is 0. The molecule has 0 aromatic heterocycles. The summed E-state index contributed by atoms with van der Waals surface area (Å²) in [5.41, 5.74) is 17.8. The summed E-state index contributed by atoms with van der Waals surface area (Å²) in [5.74, 6) is 1.22. The lowest BCUT2D eigenvalue weighted by Gasteiger charge is -2.09. The molecule has 2 aromatic carbocycles. The van der Waals surface area contributed by atoms with E-state index in [0.717, 1.165) is 0 Å². The first-order chi connectivity index (χ1) is 12.3. The van der Waals surface area contributed by atoms with Gasteiger partial charge in [-0.15, -0.1) is 0 Å². The van der Waals surface area contributed by atoms with Gasteiger partial charge >= 0.3 is 0 Å². The summed E-state index contributed by atoms with van der Waals surface area (Å²) < 4.78 is 16.4. The summed E-state index contributed by atoms with van der Waals surface area (Å²) in [6.07, 6.45) is 0. The monoisotopic (exact) mass is 340 g/mol. The van der Waals surface area contributed by atoms with Gasteiger partial charge < -0.3 is 14.2 Å². The molecule has 0 saturated carbocycles. The maximum Gasteiger partial charge on any atom is 0.119 e. The second-order valence-corrected chi connectivity index (χ2v) is 4.68. The van der Waals surface area contributed by atoms with Gasteiger partial charge in [0.05, 0.1) is 13.2 Å². The van der Waals surface area contributed by atoms with Crippen LogP contribution in [0, 0.1) is 0 Å². The van der Waals surface area contributed by atoms with E-state index in [4.69, 9.17) is 25.3 Å². The zero-order valence-corrected chi connectivity index (χ0v) is 13.4. The Morgan fingerprint density at radius 2 is 1.20 bits per heavy atom. The van der Waals surface area contributed by atoms with Crippen LogP contribution in [0.15, 0.2) is 58.8 Å². The average molecular weight is 340 g/mol. The third-order valence-electron chi connectivity index (χ3n) is 2.95. The van der Waals surface area contributed by atoms with Gasteiger partial charge in [-0.25, -0.2) is 0 Å². The summed E-state index contributed by atoms with van der Waals surface area (Å²) >= 11 is 0. The van der Waals surface area contributed by atoms with E-state index in [2.05, 4.69) is 20.1 Å². The van der Waals surface area contributed by atoms with Gasteiger partial charge in [-0.1, -0.05) is 34.5 Å². The van der Waals surface area contributed by atoms with Gasteiger partial charge in [-0.3, -0.25) is 0 Å². The molecule has 25 heavy (non-hydrogen) atoms. The van der Waals surface area contributed by atoms with Crippen molar-refractivity contribution in [2.24, 2.45) is 10.2 Å². The summed E-state index contributed by atoms with van der Waals surface area (Å²) in [5, 5.41) is 7.02. The van der Waals surface area contributed by atoms with Crippen molar-refractivity contribution in [3.05, 3.63) is 69.4 Å². The highest BCUT2D eigenvalue weighted by atomic mass is 16.5. The Balaban J connectivity index is 1.62. The Labute approximate surface area is 144 Å². The molecule has 2 rings (SSSR count). The van der Waals surface area contributed by atoms with Crippen LogP contribution in [0.2, 0.25) is 0 Å². The Morgan fingerprint density at radius 1 is 0.720 bits per heavy atom. The molecule has 0 spiro atoms. The standard InChI is InChI=1S/C16H16N6O3/c17-21-19-13-3-1-5-15(11-13)24-9-7-23-8-10-25-16-6-2-4-14(12-16)20-22-18/h1-6,11-12H,7-10H2. The van der Waals surface area contributed by atoms with Crippen LogP contribution in [-0.2, 0) is 4.74 Å². The smallest absolute Gasteiger partial charge is 0.119 e. The highest BCUT2D eigenvalue weighted by Crippen LogP contribution is 2.20. The molecule has 0 aliphatic heterocycles. The van der Waals surface area contributed by atoms with Gasteiger partial charge in [0.15, 0.2) is 0 Å². The van der Waals surface area contributed by atoms with Crippen molar-refractivity contribution in [3.8, 4) is 11.5 Å². The largest absolute Gasteiger partial charge is 0.491 e. The van der Waals surface area contributed by atoms with Crippen molar-refractivity contribution >= 4 is 11.4 Å². The predicted octanol–water partition coefficient (Wildman–Crippen LogP) is 5.04. The van der Waals surface area contributed by atoms with Gasteiger partial charge in [0.25, 0.3) is 0 Å². The third kappa shape index (κ3) is 6.72. The number of nitrogens with zero attached hydrogens (tertiary/aromatic N) is 6. The Hall–Kier alpha value is -3.38. The molecule has 2 aromatic rings. The highest BCUT2D eigenvalue weighted by Gasteiger charge is 1.98. The van der Waals surface area contributed by atoms with Crippen molar-refractivity contribution in [1.82, 2.24) is 0 Å². The Bertz CT molecular complexity index is 719. The second kappa shape index (κ2) is 10.4.